The molecule has 1 unspecified atom stereocenters. The van der Waals surface area contributed by atoms with E-state index >= 15 is 0 Å². The molecule has 0 radical (unpaired) electrons. The number of primary amides is 1. The maximum absolute atomic E-state index is 10.4. The van der Waals surface area contributed by atoms with E-state index in [1.54, 1.807) is 7.11 Å². The summed E-state index contributed by atoms with van der Waals surface area (Å²) in [5, 5.41) is 0. The third-order valence-electron chi connectivity index (χ3n) is 2.22. The average molecular weight is 249 g/mol. The van der Waals surface area contributed by atoms with Crippen LogP contribution in [0.3, 0.4) is 0 Å². The van der Waals surface area contributed by atoms with Gasteiger partial charge in [0.2, 0.25) is 0 Å². The zero-order valence-electron chi connectivity index (χ0n) is 9.98. The summed E-state index contributed by atoms with van der Waals surface area (Å²) in [5.41, 5.74) is 4.84. The number of hydrogen-bond donors (Lipinski definition) is 1. The SMILES string of the molecule is COCCOCCOC1(CCOC(N)=O)CO1. The lowest BCUT2D eigenvalue weighted by molar-refractivity contribution is -0.0779. The van der Waals surface area contributed by atoms with Crippen molar-refractivity contribution in [3.05, 3.63) is 0 Å². The normalized spacial score (nSPS) is 22.4. The van der Waals surface area contributed by atoms with E-state index in [-0.39, 0.29) is 6.61 Å². The molecule has 7 nitrogen and oxygen atoms in total. The molecule has 0 aliphatic carbocycles. The molecule has 1 saturated heterocycles. The van der Waals surface area contributed by atoms with E-state index in [2.05, 4.69) is 4.74 Å². The van der Waals surface area contributed by atoms with Crippen molar-refractivity contribution in [1.82, 2.24) is 0 Å². The second-order valence-corrected chi connectivity index (χ2v) is 3.57. The van der Waals surface area contributed by atoms with Crippen molar-refractivity contribution in [3.8, 4) is 0 Å². The molecule has 1 aliphatic heterocycles. The van der Waals surface area contributed by atoms with E-state index in [0.29, 0.717) is 39.5 Å². The summed E-state index contributed by atoms with van der Waals surface area (Å²) in [6, 6.07) is 0. The van der Waals surface area contributed by atoms with Crippen LogP contribution in [0, 0.1) is 0 Å². The van der Waals surface area contributed by atoms with E-state index in [0.717, 1.165) is 0 Å². The summed E-state index contributed by atoms with van der Waals surface area (Å²) in [7, 11) is 1.62. The van der Waals surface area contributed by atoms with Crippen molar-refractivity contribution in [3.63, 3.8) is 0 Å². The molecule has 1 rings (SSSR count). The minimum atomic E-state index is -0.788. The summed E-state index contributed by atoms with van der Waals surface area (Å²) in [6.45, 7) is 2.71. The van der Waals surface area contributed by atoms with Gasteiger partial charge in [0.15, 0.2) is 5.79 Å². The molecule has 0 saturated carbocycles. The molecule has 0 aromatic heterocycles. The van der Waals surface area contributed by atoms with Crippen molar-refractivity contribution < 1.29 is 28.5 Å². The quantitative estimate of drug-likeness (QED) is 0.428. The molecule has 1 heterocycles. The topological polar surface area (TPSA) is 92.5 Å². The van der Waals surface area contributed by atoms with Crippen LogP contribution in [-0.2, 0) is 23.7 Å². The molecule has 7 heteroatoms. The molecule has 1 aliphatic rings. The van der Waals surface area contributed by atoms with Gasteiger partial charge in [0.25, 0.3) is 0 Å². The van der Waals surface area contributed by atoms with E-state index in [9.17, 15) is 4.79 Å². The Hall–Kier alpha value is -0.890. The molecular weight excluding hydrogens is 230 g/mol. The van der Waals surface area contributed by atoms with Crippen molar-refractivity contribution in [2.45, 2.75) is 12.2 Å². The highest BCUT2D eigenvalue weighted by molar-refractivity contribution is 5.64. The van der Waals surface area contributed by atoms with Crippen molar-refractivity contribution >= 4 is 6.09 Å². The number of nitrogens with two attached hydrogens (primary N) is 1. The molecule has 2 N–H and O–H groups in total. The van der Waals surface area contributed by atoms with Gasteiger partial charge in [-0.25, -0.2) is 4.79 Å². The van der Waals surface area contributed by atoms with E-state index in [1.165, 1.54) is 0 Å². The second kappa shape index (κ2) is 7.44. The lowest BCUT2D eigenvalue weighted by Gasteiger charge is -2.13. The van der Waals surface area contributed by atoms with E-state index in [4.69, 9.17) is 24.7 Å². The third-order valence-corrected chi connectivity index (χ3v) is 2.22. The predicted molar refractivity (Wildman–Crippen MR) is 57.5 cm³/mol. The monoisotopic (exact) mass is 249 g/mol. The van der Waals surface area contributed by atoms with Crippen LogP contribution in [-0.4, -0.2) is 58.6 Å². The number of epoxide rings is 1. The second-order valence-electron chi connectivity index (χ2n) is 3.57. The number of carbonyl (C=O) groups excluding carboxylic acids is 1. The van der Waals surface area contributed by atoms with Gasteiger partial charge in [-0.15, -0.1) is 0 Å². The van der Waals surface area contributed by atoms with Gasteiger partial charge in [0.1, 0.15) is 6.61 Å². The maximum Gasteiger partial charge on any atom is 0.404 e. The van der Waals surface area contributed by atoms with Crippen LogP contribution < -0.4 is 5.73 Å². The summed E-state index contributed by atoms with van der Waals surface area (Å²) >= 11 is 0. The number of hydrogen-bond acceptors (Lipinski definition) is 6. The smallest absolute Gasteiger partial charge is 0.404 e. The average Bonchev–Trinajstić information content (AvgIpc) is 3.03. The van der Waals surface area contributed by atoms with Crippen molar-refractivity contribution in [2.24, 2.45) is 5.73 Å². The van der Waals surface area contributed by atoms with Gasteiger partial charge in [-0.3, -0.25) is 0 Å². The lowest BCUT2D eigenvalue weighted by atomic mass is 10.3. The summed E-state index contributed by atoms with van der Waals surface area (Å²) in [5.74, 6) is -0.611. The first-order chi connectivity index (χ1) is 8.18. The Bertz CT molecular complexity index is 231. The van der Waals surface area contributed by atoms with Gasteiger partial charge in [0, 0.05) is 13.5 Å². The summed E-state index contributed by atoms with van der Waals surface area (Å²) < 4.78 is 25.3. The molecule has 17 heavy (non-hydrogen) atoms. The Balaban J connectivity index is 1.96. The van der Waals surface area contributed by atoms with Crippen LogP contribution in [0.25, 0.3) is 0 Å². The van der Waals surface area contributed by atoms with Gasteiger partial charge >= 0.3 is 6.09 Å². The van der Waals surface area contributed by atoms with Gasteiger partial charge < -0.3 is 29.4 Å². The Kier molecular flexibility index (Phi) is 6.20. The molecule has 0 aromatic rings. The minimum absolute atomic E-state index is 0.194. The number of rotatable bonds is 10. The summed E-state index contributed by atoms with van der Waals surface area (Å²) in [4.78, 5) is 10.4. The fraction of sp³-hybridized carbons (Fsp3) is 0.900. The van der Waals surface area contributed by atoms with Gasteiger partial charge in [0.05, 0.1) is 33.0 Å². The maximum atomic E-state index is 10.4. The fourth-order valence-electron chi connectivity index (χ4n) is 1.22. The Morgan fingerprint density at radius 1 is 1.29 bits per heavy atom. The zero-order chi connectivity index (χ0) is 12.6. The molecule has 100 valence electrons. The largest absolute Gasteiger partial charge is 0.449 e. The molecule has 1 amide bonds. The Morgan fingerprint density at radius 2 is 2.00 bits per heavy atom. The molecular formula is C10H19NO6. The Labute approximate surface area is 100 Å². The Morgan fingerprint density at radius 3 is 2.59 bits per heavy atom. The standard InChI is InChI=1S/C10H19NO6/c1-13-4-5-14-6-7-16-10(8-17-10)2-3-15-9(11)12/h2-8H2,1H3,(H2,11,12). The van der Waals surface area contributed by atoms with Crippen LogP contribution in [0.5, 0.6) is 0 Å². The highest BCUT2D eigenvalue weighted by Crippen LogP contribution is 2.32. The van der Waals surface area contributed by atoms with Crippen molar-refractivity contribution in [1.29, 1.82) is 0 Å². The minimum Gasteiger partial charge on any atom is -0.449 e. The van der Waals surface area contributed by atoms with Gasteiger partial charge in [-0.2, -0.15) is 0 Å². The molecule has 0 bridgehead atoms. The number of ether oxygens (including phenoxy) is 5. The van der Waals surface area contributed by atoms with E-state index < -0.39 is 11.9 Å². The highest BCUT2D eigenvalue weighted by atomic mass is 16.8. The van der Waals surface area contributed by atoms with Crippen LogP contribution in [0.2, 0.25) is 0 Å². The molecule has 0 aromatic carbocycles. The van der Waals surface area contributed by atoms with Gasteiger partial charge in [-0.05, 0) is 0 Å². The first-order valence-corrected chi connectivity index (χ1v) is 5.45. The zero-order valence-corrected chi connectivity index (χ0v) is 9.98. The number of methoxy groups -OCH3 is 1. The third kappa shape index (κ3) is 6.42. The first kappa shape index (κ1) is 14.2. The van der Waals surface area contributed by atoms with Crippen molar-refractivity contribution in [2.75, 3.05) is 46.8 Å². The number of carbonyl (C=O) groups is 1. The molecule has 1 atom stereocenters. The molecule has 0 spiro atoms. The fourth-order valence-corrected chi connectivity index (χ4v) is 1.22. The molecule has 1 fully saturated rings. The van der Waals surface area contributed by atoms with Crippen LogP contribution in [0.1, 0.15) is 6.42 Å². The summed E-state index contributed by atoms with van der Waals surface area (Å²) in [6.07, 6.45) is -0.308. The highest BCUT2D eigenvalue weighted by Gasteiger charge is 2.46. The van der Waals surface area contributed by atoms with Crippen LogP contribution in [0.4, 0.5) is 4.79 Å². The first-order valence-electron chi connectivity index (χ1n) is 5.45. The number of amides is 1. The predicted octanol–water partition coefficient (Wildman–Crippen LogP) is -0.122. The van der Waals surface area contributed by atoms with Crippen LogP contribution >= 0.6 is 0 Å². The van der Waals surface area contributed by atoms with E-state index in [1.807, 2.05) is 0 Å². The van der Waals surface area contributed by atoms with Gasteiger partial charge in [-0.1, -0.05) is 0 Å². The lowest BCUT2D eigenvalue weighted by Crippen LogP contribution is -2.24. The van der Waals surface area contributed by atoms with Crippen LogP contribution in [0.15, 0.2) is 0 Å².